The summed E-state index contributed by atoms with van der Waals surface area (Å²) in [4.78, 5) is 2.51. The Labute approximate surface area is 420 Å². The number of benzene rings is 8. The van der Waals surface area contributed by atoms with Crippen molar-refractivity contribution in [2.75, 3.05) is 4.90 Å². The monoisotopic (exact) mass is 916 g/mol. The molecule has 0 bridgehead atoms. The van der Waals surface area contributed by atoms with Gasteiger partial charge in [0.25, 0.3) is 0 Å². The van der Waals surface area contributed by atoms with Gasteiger partial charge in [-0.2, -0.15) is 0 Å². The van der Waals surface area contributed by atoms with Crippen LogP contribution >= 0.6 is 0 Å². The van der Waals surface area contributed by atoms with Gasteiger partial charge < -0.3 is 4.90 Å². The zero-order valence-electron chi connectivity index (χ0n) is 43.8. The van der Waals surface area contributed by atoms with Crippen molar-refractivity contribution in [3.63, 3.8) is 0 Å². The van der Waals surface area contributed by atoms with Crippen LogP contribution in [0.4, 0.5) is 17.1 Å². The molecule has 0 unspecified atom stereocenters. The molecule has 1 saturated carbocycles. The summed E-state index contributed by atoms with van der Waals surface area (Å²) in [6, 6.07) is 67.7. The number of rotatable bonds is 8. The van der Waals surface area contributed by atoms with Crippen molar-refractivity contribution >= 4 is 17.1 Å². The average Bonchev–Trinajstić information content (AvgIpc) is 3.58. The first-order valence-corrected chi connectivity index (χ1v) is 26.1. The molecular formula is C69H73N. The van der Waals surface area contributed by atoms with Crippen LogP contribution in [0.3, 0.4) is 0 Å². The molecule has 0 aliphatic heterocycles. The molecule has 0 heterocycles. The summed E-state index contributed by atoms with van der Waals surface area (Å²) in [5.41, 5.74) is 24.2. The number of fused-ring (bicyclic) bond motifs is 3. The van der Waals surface area contributed by atoms with Gasteiger partial charge in [0.05, 0.1) is 5.69 Å². The number of nitrogens with zero attached hydrogens (tertiary/aromatic N) is 1. The highest BCUT2D eigenvalue weighted by atomic mass is 15.1. The van der Waals surface area contributed by atoms with Crippen LogP contribution in [0.5, 0.6) is 0 Å². The average molecular weight is 916 g/mol. The Balaban J connectivity index is 1.09. The van der Waals surface area contributed by atoms with Gasteiger partial charge in [-0.15, -0.1) is 0 Å². The Hall–Kier alpha value is -6.44. The molecular weight excluding hydrogens is 843 g/mol. The van der Waals surface area contributed by atoms with E-state index in [0.29, 0.717) is 5.92 Å². The van der Waals surface area contributed by atoms with Gasteiger partial charge in [0.2, 0.25) is 0 Å². The molecule has 0 saturated heterocycles. The molecule has 1 fully saturated rings. The fourth-order valence-electron chi connectivity index (χ4n) is 11.3. The van der Waals surface area contributed by atoms with Gasteiger partial charge in [-0.05, 0) is 161 Å². The van der Waals surface area contributed by atoms with Crippen LogP contribution in [-0.4, -0.2) is 0 Å². The lowest BCUT2D eigenvalue weighted by Gasteiger charge is -2.30. The molecule has 0 atom stereocenters. The first-order valence-electron chi connectivity index (χ1n) is 26.1. The normalized spacial score (nSPS) is 14.8. The first-order chi connectivity index (χ1) is 33.3. The summed E-state index contributed by atoms with van der Waals surface area (Å²) >= 11 is 0. The van der Waals surface area contributed by atoms with Crippen molar-refractivity contribution in [3.05, 3.63) is 209 Å². The van der Waals surface area contributed by atoms with Gasteiger partial charge in [0, 0.05) is 22.4 Å². The second kappa shape index (κ2) is 18.1. The second-order valence-electron chi connectivity index (χ2n) is 24.2. The molecule has 1 nitrogen and oxygen atoms in total. The van der Waals surface area contributed by atoms with Crippen LogP contribution < -0.4 is 4.90 Å². The molecule has 0 radical (unpaired) electrons. The third-order valence-corrected chi connectivity index (χ3v) is 15.7. The van der Waals surface area contributed by atoms with Crippen molar-refractivity contribution in [1.82, 2.24) is 0 Å². The van der Waals surface area contributed by atoms with Crippen LogP contribution in [0.1, 0.15) is 148 Å². The quantitative estimate of drug-likeness (QED) is 0.147. The van der Waals surface area contributed by atoms with E-state index in [9.17, 15) is 0 Å². The highest BCUT2D eigenvalue weighted by Gasteiger charge is 2.36. The summed E-state index contributed by atoms with van der Waals surface area (Å²) in [6.07, 6.45) is 6.65. The zero-order chi connectivity index (χ0) is 49.2. The summed E-state index contributed by atoms with van der Waals surface area (Å²) in [5.74, 6) is 0.673. The number of hydrogen-bond donors (Lipinski definition) is 0. The number of hydrogen-bond acceptors (Lipinski definition) is 1. The fourth-order valence-corrected chi connectivity index (χ4v) is 11.3. The largest absolute Gasteiger partial charge is 0.310 e. The van der Waals surface area contributed by atoms with Crippen LogP contribution in [-0.2, 0) is 21.7 Å². The molecule has 0 spiro atoms. The maximum Gasteiger partial charge on any atom is 0.0540 e. The van der Waals surface area contributed by atoms with E-state index in [2.05, 4.69) is 257 Å². The van der Waals surface area contributed by atoms with Gasteiger partial charge in [-0.3, -0.25) is 0 Å². The smallest absolute Gasteiger partial charge is 0.0540 e. The molecule has 0 amide bonds. The van der Waals surface area contributed by atoms with Gasteiger partial charge in [-0.1, -0.05) is 229 Å². The Morgan fingerprint density at radius 3 is 1.50 bits per heavy atom. The van der Waals surface area contributed by atoms with Gasteiger partial charge in [-0.25, -0.2) is 0 Å². The van der Waals surface area contributed by atoms with E-state index in [4.69, 9.17) is 0 Å². The van der Waals surface area contributed by atoms with E-state index in [0.717, 1.165) is 11.4 Å². The highest BCUT2D eigenvalue weighted by molar-refractivity contribution is 5.91. The second-order valence-corrected chi connectivity index (χ2v) is 24.2. The van der Waals surface area contributed by atoms with E-state index in [1.807, 2.05) is 0 Å². The Morgan fingerprint density at radius 1 is 0.371 bits per heavy atom. The molecule has 10 rings (SSSR count). The minimum atomic E-state index is -0.126. The van der Waals surface area contributed by atoms with Crippen molar-refractivity contribution < 1.29 is 0 Å². The Morgan fingerprint density at radius 2 is 0.857 bits per heavy atom. The predicted octanol–water partition coefficient (Wildman–Crippen LogP) is 20.1. The third-order valence-electron chi connectivity index (χ3n) is 15.7. The maximum absolute atomic E-state index is 2.51. The lowest BCUT2D eigenvalue weighted by Crippen LogP contribution is -2.17. The molecule has 0 aromatic heterocycles. The molecule has 2 aliphatic carbocycles. The molecule has 2 aliphatic rings. The van der Waals surface area contributed by atoms with Crippen LogP contribution in [0.2, 0.25) is 0 Å². The molecule has 354 valence electrons. The minimum Gasteiger partial charge on any atom is -0.310 e. The van der Waals surface area contributed by atoms with Gasteiger partial charge >= 0.3 is 0 Å². The zero-order valence-corrected chi connectivity index (χ0v) is 43.8. The Bertz CT molecular complexity index is 3170. The van der Waals surface area contributed by atoms with Crippen molar-refractivity contribution in [1.29, 1.82) is 0 Å². The third kappa shape index (κ3) is 9.21. The topological polar surface area (TPSA) is 3.24 Å². The molecule has 1 heteroatoms. The molecule has 8 aromatic rings. The summed E-state index contributed by atoms with van der Waals surface area (Å²) in [6.45, 7) is 25.7. The Kier molecular flexibility index (Phi) is 12.2. The van der Waals surface area contributed by atoms with Crippen LogP contribution in [0, 0.1) is 0 Å². The molecule has 70 heavy (non-hydrogen) atoms. The molecule has 8 aromatic carbocycles. The lowest BCUT2D eigenvalue weighted by molar-refractivity contribution is 0.443. The van der Waals surface area contributed by atoms with E-state index >= 15 is 0 Å². The molecule has 0 N–H and O–H groups in total. The van der Waals surface area contributed by atoms with Crippen molar-refractivity contribution in [3.8, 4) is 55.6 Å². The summed E-state index contributed by atoms with van der Waals surface area (Å²) < 4.78 is 0. The SMILES string of the molecule is CC(C)(C)c1cc(-c2cccc(-c3cccc(N(c4ccc5c(c4)C(C)(C)c4ccccc4-5)c4ccccc4-c4ccc(C5CCCCC5)cc4)c3)c2)cc(-c2cc(C(C)(C)C)cc(C(C)(C)C)c2)c1. The van der Waals surface area contributed by atoms with E-state index in [1.54, 1.807) is 0 Å². The summed E-state index contributed by atoms with van der Waals surface area (Å²) in [5, 5.41) is 0. The maximum atomic E-state index is 2.51. The highest BCUT2D eigenvalue weighted by Crippen LogP contribution is 2.52. The van der Waals surface area contributed by atoms with Gasteiger partial charge in [0.15, 0.2) is 0 Å². The standard InChI is InChI=1S/C69H73N/c1-66(2,3)55-39-52(38-53(40-55)54-41-56(67(4,5)6)44-57(42-54)68(7,8)9)50-24-19-23-49(37-50)51-25-20-26-58(43-51)70(59-35-36-62-61-28-15-17-29-63(61)69(10,11)64(62)45-59)65-30-18-16-27-60(65)48-33-31-47(32-34-48)46-21-13-12-14-22-46/h15-20,23-46H,12-14,21-22H2,1-11H3. The van der Waals surface area contributed by atoms with Crippen LogP contribution in [0.15, 0.2) is 176 Å². The van der Waals surface area contributed by atoms with Crippen molar-refractivity contribution in [2.24, 2.45) is 0 Å². The van der Waals surface area contributed by atoms with Crippen molar-refractivity contribution in [2.45, 2.75) is 136 Å². The van der Waals surface area contributed by atoms with E-state index in [-0.39, 0.29) is 21.7 Å². The van der Waals surface area contributed by atoms with Crippen LogP contribution in [0.25, 0.3) is 55.6 Å². The number of anilines is 3. The van der Waals surface area contributed by atoms with E-state index in [1.165, 1.54) is 127 Å². The first kappa shape index (κ1) is 47.2. The van der Waals surface area contributed by atoms with Gasteiger partial charge in [0.1, 0.15) is 0 Å². The fraction of sp³-hybridized carbons (Fsp3) is 0.304. The number of para-hydroxylation sites is 1. The predicted molar refractivity (Wildman–Crippen MR) is 302 cm³/mol. The summed E-state index contributed by atoms with van der Waals surface area (Å²) in [7, 11) is 0. The van der Waals surface area contributed by atoms with E-state index < -0.39 is 0 Å². The lowest BCUT2D eigenvalue weighted by atomic mass is 9.78. The minimum absolute atomic E-state index is 0.0298.